The van der Waals surface area contributed by atoms with Crippen LogP contribution in [0.2, 0.25) is 0 Å². The van der Waals surface area contributed by atoms with Gasteiger partial charge in [0.05, 0.1) is 5.69 Å². The number of nitrogens with zero attached hydrogens (tertiary/aromatic N) is 6. The number of rotatable bonds is 6. The molecule has 42 heavy (non-hydrogen) atoms. The molecule has 7 aromatic rings. The number of hydrogen-bond acceptors (Lipinski definition) is 6. The molecule has 0 fully saturated rings. The lowest BCUT2D eigenvalue weighted by Gasteiger charge is -2.10. The fraction of sp³-hybridized carbons (Fsp3) is 0. The van der Waals surface area contributed by atoms with Crippen molar-refractivity contribution in [3.05, 3.63) is 146 Å². The Morgan fingerprint density at radius 1 is 0.310 bits per heavy atom. The third kappa shape index (κ3) is 5.29. The monoisotopic (exact) mass is 540 g/mol. The maximum Gasteiger partial charge on any atom is 0.164 e. The summed E-state index contributed by atoms with van der Waals surface area (Å²) in [7, 11) is 0. The second-order valence-electron chi connectivity index (χ2n) is 9.74. The van der Waals surface area contributed by atoms with Crippen LogP contribution in [0.5, 0.6) is 0 Å². The fourth-order valence-corrected chi connectivity index (χ4v) is 4.78. The highest BCUT2D eigenvalue weighted by Crippen LogP contribution is 2.29. The lowest BCUT2D eigenvalue weighted by molar-refractivity contribution is 1.07. The molecule has 0 atom stereocenters. The van der Waals surface area contributed by atoms with Crippen LogP contribution in [0.25, 0.3) is 67.7 Å². The van der Waals surface area contributed by atoms with Crippen LogP contribution in [-0.2, 0) is 0 Å². The predicted octanol–water partition coefficient (Wildman–Crippen LogP) is 8.06. The van der Waals surface area contributed by atoms with Gasteiger partial charge in [-0.3, -0.25) is 15.0 Å². The number of benzene rings is 3. The van der Waals surface area contributed by atoms with E-state index < -0.39 is 0 Å². The zero-order valence-electron chi connectivity index (χ0n) is 22.5. The van der Waals surface area contributed by atoms with Gasteiger partial charge in [-0.1, -0.05) is 91.0 Å². The van der Waals surface area contributed by atoms with Crippen LogP contribution in [0.3, 0.4) is 0 Å². The van der Waals surface area contributed by atoms with Crippen molar-refractivity contribution in [3.8, 4) is 67.7 Å². The predicted molar refractivity (Wildman–Crippen MR) is 166 cm³/mol. The molecule has 0 aliphatic heterocycles. The summed E-state index contributed by atoms with van der Waals surface area (Å²) in [5, 5.41) is 0. The molecule has 0 unspecified atom stereocenters. The maximum absolute atomic E-state index is 4.91. The van der Waals surface area contributed by atoms with E-state index in [1.807, 2.05) is 103 Å². The van der Waals surface area contributed by atoms with Gasteiger partial charge < -0.3 is 0 Å². The summed E-state index contributed by atoms with van der Waals surface area (Å²) in [4.78, 5) is 27.7. The average molecular weight is 541 g/mol. The molecule has 6 nitrogen and oxygen atoms in total. The normalized spacial score (nSPS) is 10.9. The van der Waals surface area contributed by atoms with Gasteiger partial charge in [-0.2, -0.15) is 0 Å². The minimum atomic E-state index is 0.607. The van der Waals surface area contributed by atoms with Gasteiger partial charge in [-0.15, -0.1) is 0 Å². The molecule has 0 amide bonds. The van der Waals surface area contributed by atoms with Crippen molar-refractivity contribution in [3.63, 3.8) is 0 Å². The first-order chi connectivity index (χ1) is 20.8. The largest absolute Gasteiger partial charge is 0.264 e. The molecule has 0 spiro atoms. The van der Waals surface area contributed by atoms with Crippen LogP contribution in [0, 0.1) is 0 Å². The van der Waals surface area contributed by atoms with Crippen molar-refractivity contribution in [1.29, 1.82) is 0 Å². The summed E-state index contributed by atoms with van der Waals surface area (Å²) in [5.74, 6) is 1.82. The standard InChI is InChI=1S/C36H24N6/c1-2-22-39-33(7-1)27-12-18-30(19-13-27)36-41-34(28-14-8-25(9-15-28)31-5-3-20-37-23-31)40-35(42-36)29-16-10-26(11-17-29)32-6-4-21-38-24-32/h1-24H. The third-order valence-electron chi connectivity index (χ3n) is 7.02. The SMILES string of the molecule is c1ccc(-c2ccc(-c3nc(-c4ccc(-c5cccnc5)cc4)nc(-c4ccc(-c5cccnc5)cc4)n3)cc2)nc1. The van der Waals surface area contributed by atoms with E-state index in [0.717, 1.165) is 50.2 Å². The van der Waals surface area contributed by atoms with Gasteiger partial charge in [0.2, 0.25) is 0 Å². The Bertz CT molecular complexity index is 1680. The van der Waals surface area contributed by atoms with E-state index in [4.69, 9.17) is 15.0 Å². The highest BCUT2D eigenvalue weighted by atomic mass is 15.0. The minimum Gasteiger partial charge on any atom is -0.264 e. The van der Waals surface area contributed by atoms with E-state index >= 15 is 0 Å². The summed E-state index contributed by atoms with van der Waals surface area (Å²) >= 11 is 0. The summed E-state index contributed by atoms with van der Waals surface area (Å²) in [5.41, 5.74) is 8.95. The van der Waals surface area contributed by atoms with Crippen LogP contribution >= 0.6 is 0 Å². The number of hydrogen-bond donors (Lipinski definition) is 0. The molecule has 0 aliphatic rings. The van der Waals surface area contributed by atoms with Gasteiger partial charge in [0, 0.05) is 53.2 Å². The van der Waals surface area contributed by atoms with Crippen molar-refractivity contribution in [2.45, 2.75) is 0 Å². The molecular weight excluding hydrogens is 516 g/mol. The van der Waals surface area contributed by atoms with Crippen LogP contribution in [0.4, 0.5) is 0 Å². The molecule has 0 N–H and O–H groups in total. The molecule has 7 rings (SSSR count). The molecule has 0 saturated carbocycles. The average Bonchev–Trinajstić information content (AvgIpc) is 3.09. The van der Waals surface area contributed by atoms with E-state index in [1.165, 1.54) is 0 Å². The molecule has 4 heterocycles. The van der Waals surface area contributed by atoms with Gasteiger partial charge in [0.15, 0.2) is 17.5 Å². The van der Waals surface area contributed by atoms with E-state index in [-0.39, 0.29) is 0 Å². The third-order valence-corrected chi connectivity index (χ3v) is 7.02. The second-order valence-corrected chi connectivity index (χ2v) is 9.74. The first kappa shape index (κ1) is 25.1. The molecule has 4 aromatic heterocycles. The number of aromatic nitrogens is 6. The van der Waals surface area contributed by atoms with E-state index in [0.29, 0.717) is 17.5 Å². The van der Waals surface area contributed by atoms with Crippen LogP contribution in [-0.4, -0.2) is 29.9 Å². The Hall–Kier alpha value is -5.88. The quantitative estimate of drug-likeness (QED) is 0.212. The van der Waals surface area contributed by atoms with Crippen LogP contribution in [0.1, 0.15) is 0 Å². The first-order valence-electron chi connectivity index (χ1n) is 13.6. The zero-order valence-corrected chi connectivity index (χ0v) is 22.5. The Labute approximate surface area is 243 Å². The Balaban J connectivity index is 1.29. The van der Waals surface area contributed by atoms with Crippen LogP contribution < -0.4 is 0 Å². The molecule has 0 bridgehead atoms. The second kappa shape index (κ2) is 11.3. The zero-order chi connectivity index (χ0) is 28.1. The van der Waals surface area contributed by atoms with Gasteiger partial charge >= 0.3 is 0 Å². The molecule has 3 aromatic carbocycles. The summed E-state index contributed by atoms with van der Waals surface area (Å²) in [6.07, 6.45) is 9.07. The molecule has 198 valence electrons. The lowest BCUT2D eigenvalue weighted by atomic mass is 10.0. The molecule has 0 radical (unpaired) electrons. The summed E-state index contributed by atoms with van der Waals surface area (Å²) < 4.78 is 0. The van der Waals surface area contributed by atoms with Crippen molar-refractivity contribution in [2.75, 3.05) is 0 Å². The first-order valence-corrected chi connectivity index (χ1v) is 13.6. The minimum absolute atomic E-state index is 0.607. The van der Waals surface area contributed by atoms with Crippen molar-refractivity contribution in [2.24, 2.45) is 0 Å². The Kier molecular flexibility index (Phi) is 6.76. The topological polar surface area (TPSA) is 77.3 Å². The highest BCUT2D eigenvalue weighted by Gasteiger charge is 2.13. The van der Waals surface area contributed by atoms with E-state index in [1.54, 1.807) is 18.6 Å². The summed E-state index contributed by atoms with van der Waals surface area (Å²) in [6.45, 7) is 0. The molecule has 6 heteroatoms. The van der Waals surface area contributed by atoms with Crippen LogP contribution in [0.15, 0.2) is 146 Å². The van der Waals surface area contributed by atoms with Gasteiger partial charge in [0.1, 0.15) is 0 Å². The van der Waals surface area contributed by atoms with Gasteiger partial charge in [-0.05, 0) is 46.5 Å². The van der Waals surface area contributed by atoms with Gasteiger partial charge in [0.25, 0.3) is 0 Å². The summed E-state index contributed by atoms with van der Waals surface area (Å²) in [6, 6.07) is 38.5. The van der Waals surface area contributed by atoms with Crippen molar-refractivity contribution < 1.29 is 0 Å². The smallest absolute Gasteiger partial charge is 0.164 e. The van der Waals surface area contributed by atoms with Crippen molar-refractivity contribution in [1.82, 2.24) is 29.9 Å². The molecule has 0 saturated heterocycles. The maximum atomic E-state index is 4.91. The molecule has 0 aliphatic carbocycles. The lowest BCUT2D eigenvalue weighted by Crippen LogP contribution is -2.00. The molecular formula is C36H24N6. The Morgan fingerprint density at radius 3 is 1.12 bits per heavy atom. The Morgan fingerprint density at radius 2 is 0.738 bits per heavy atom. The fourth-order valence-electron chi connectivity index (χ4n) is 4.78. The van der Waals surface area contributed by atoms with Gasteiger partial charge in [-0.25, -0.2) is 15.0 Å². The highest BCUT2D eigenvalue weighted by molar-refractivity contribution is 5.72. The van der Waals surface area contributed by atoms with E-state index in [9.17, 15) is 0 Å². The number of pyridine rings is 3. The van der Waals surface area contributed by atoms with E-state index in [2.05, 4.69) is 39.2 Å². The van der Waals surface area contributed by atoms with Crippen molar-refractivity contribution >= 4 is 0 Å².